The number of imidazole rings is 1. The summed E-state index contributed by atoms with van der Waals surface area (Å²) in [6, 6.07) is 17.8. The summed E-state index contributed by atoms with van der Waals surface area (Å²) in [7, 11) is 0. The van der Waals surface area contributed by atoms with Crippen molar-refractivity contribution in [2.75, 3.05) is 0 Å². The highest BCUT2D eigenvalue weighted by Gasteiger charge is 2.49. The molecular weight excluding hydrogens is 400 g/mol. The van der Waals surface area contributed by atoms with Crippen molar-refractivity contribution in [3.05, 3.63) is 66.0 Å². The molecule has 5 rings (SSSR count). The molecule has 0 unspecified atom stereocenters. The number of nitrogens with zero attached hydrogens (tertiary/aromatic N) is 3. The number of fused-ring (bicyclic) bond motifs is 3. The van der Waals surface area contributed by atoms with Gasteiger partial charge in [-0.1, -0.05) is 62.2 Å². The van der Waals surface area contributed by atoms with Gasteiger partial charge in [0.25, 0.3) is 5.91 Å². The van der Waals surface area contributed by atoms with Crippen LogP contribution in [0.15, 0.2) is 54.6 Å². The predicted molar refractivity (Wildman–Crippen MR) is 124 cm³/mol. The first-order valence-corrected chi connectivity index (χ1v) is 11.6. The van der Waals surface area contributed by atoms with Crippen molar-refractivity contribution in [2.45, 2.75) is 64.2 Å². The third-order valence-electron chi connectivity index (χ3n) is 7.25. The standard InChI is InChI=1S/C26H30N4O2/c1-18-10-6-7-13-20(18)28-25(32)26(2)17-29-22-15-9-8-14-21(22)27-23(29)24(31)30(26)16-19-11-4-3-5-12-19/h3-5,8-9,11-12,14-15,18,20H,6-7,10,13,16-17H2,1-2H3,(H,28,32)/t18-,20-,26-/m1/s1. The molecule has 2 heterocycles. The largest absolute Gasteiger partial charge is 0.351 e. The Morgan fingerprint density at radius 2 is 1.81 bits per heavy atom. The molecule has 2 aromatic carbocycles. The first kappa shape index (κ1) is 20.7. The Morgan fingerprint density at radius 1 is 1.09 bits per heavy atom. The average molecular weight is 431 g/mol. The summed E-state index contributed by atoms with van der Waals surface area (Å²) in [4.78, 5) is 33.9. The quantitative estimate of drug-likeness (QED) is 0.676. The van der Waals surface area contributed by atoms with Crippen molar-refractivity contribution in [1.82, 2.24) is 19.8 Å². The number of para-hydroxylation sites is 2. The lowest BCUT2D eigenvalue weighted by Gasteiger charge is -2.44. The fourth-order valence-electron chi connectivity index (χ4n) is 5.20. The second-order valence-electron chi connectivity index (χ2n) is 9.50. The third-order valence-corrected chi connectivity index (χ3v) is 7.25. The molecule has 1 fully saturated rings. The summed E-state index contributed by atoms with van der Waals surface area (Å²) in [5.41, 5.74) is 1.65. The number of carbonyl (C=O) groups is 2. The SMILES string of the molecule is C[C@@H]1CCCC[C@H]1NC(=O)[C@@]1(C)Cn2c(nc3ccccc32)C(=O)N1Cc1ccccc1. The highest BCUT2D eigenvalue weighted by Crippen LogP contribution is 2.33. The Balaban J connectivity index is 1.55. The molecule has 3 aromatic rings. The molecule has 1 N–H and O–H groups in total. The van der Waals surface area contributed by atoms with Crippen molar-refractivity contribution in [1.29, 1.82) is 0 Å². The molecule has 2 aliphatic rings. The van der Waals surface area contributed by atoms with E-state index >= 15 is 0 Å². The molecule has 1 aliphatic carbocycles. The topological polar surface area (TPSA) is 67.2 Å². The Bertz CT molecular complexity index is 1160. The van der Waals surface area contributed by atoms with E-state index in [0.717, 1.165) is 35.9 Å². The molecule has 1 aliphatic heterocycles. The minimum Gasteiger partial charge on any atom is -0.351 e. The van der Waals surface area contributed by atoms with Gasteiger partial charge in [0, 0.05) is 12.6 Å². The van der Waals surface area contributed by atoms with E-state index < -0.39 is 5.54 Å². The first-order valence-electron chi connectivity index (χ1n) is 11.6. The summed E-state index contributed by atoms with van der Waals surface area (Å²) < 4.78 is 1.92. The molecule has 32 heavy (non-hydrogen) atoms. The number of hydrogen-bond donors (Lipinski definition) is 1. The van der Waals surface area contributed by atoms with Gasteiger partial charge in [0.1, 0.15) is 5.54 Å². The van der Waals surface area contributed by atoms with Crippen LogP contribution < -0.4 is 5.32 Å². The van der Waals surface area contributed by atoms with Crippen LogP contribution in [-0.4, -0.2) is 37.8 Å². The first-order chi connectivity index (χ1) is 15.5. The zero-order valence-corrected chi connectivity index (χ0v) is 18.8. The Morgan fingerprint density at radius 3 is 2.59 bits per heavy atom. The van der Waals surface area contributed by atoms with E-state index in [4.69, 9.17) is 0 Å². The van der Waals surface area contributed by atoms with Crippen LogP contribution in [0.4, 0.5) is 0 Å². The number of hydrogen-bond acceptors (Lipinski definition) is 3. The van der Waals surface area contributed by atoms with Crippen LogP contribution in [0, 0.1) is 5.92 Å². The lowest BCUT2D eigenvalue weighted by molar-refractivity contribution is -0.134. The molecule has 6 nitrogen and oxygen atoms in total. The van der Waals surface area contributed by atoms with Gasteiger partial charge in [-0.05, 0) is 43.4 Å². The Labute approximate surface area is 188 Å². The molecular formula is C26H30N4O2. The van der Waals surface area contributed by atoms with Gasteiger partial charge < -0.3 is 14.8 Å². The van der Waals surface area contributed by atoms with Crippen molar-refractivity contribution in [3.63, 3.8) is 0 Å². The molecule has 0 bridgehead atoms. The number of carbonyl (C=O) groups excluding carboxylic acids is 2. The van der Waals surface area contributed by atoms with Gasteiger partial charge in [-0.3, -0.25) is 9.59 Å². The van der Waals surface area contributed by atoms with Gasteiger partial charge >= 0.3 is 0 Å². The molecule has 1 aromatic heterocycles. The molecule has 3 atom stereocenters. The van der Waals surface area contributed by atoms with Crippen LogP contribution in [0.5, 0.6) is 0 Å². The van der Waals surface area contributed by atoms with E-state index in [1.54, 1.807) is 4.90 Å². The minimum absolute atomic E-state index is 0.0797. The van der Waals surface area contributed by atoms with E-state index in [0.29, 0.717) is 24.8 Å². The number of rotatable bonds is 4. The van der Waals surface area contributed by atoms with Crippen molar-refractivity contribution in [3.8, 4) is 0 Å². The average Bonchev–Trinajstić information content (AvgIpc) is 3.17. The van der Waals surface area contributed by atoms with Gasteiger partial charge in [-0.2, -0.15) is 0 Å². The summed E-state index contributed by atoms with van der Waals surface area (Å²) >= 11 is 0. The van der Waals surface area contributed by atoms with Gasteiger partial charge in [-0.15, -0.1) is 0 Å². The predicted octanol–water partition coefficient (Wildman–Crippen LogP) is 4.15. The summed E-state index contributed by atoms with van der Waals surface area (Å²) in [5, 5.41) is 3.32. The van der Waals surface area contributed by atoms with Crippen LogP contribution in [0.2, 0.25) is 0 Å². The number of nitrogens with one attached hydrogen (secondary N) is 1. The van der Waals surface area contributed by atoms with Crippen molar-refractivity contribution < 1.29 is 9.59 Å². The molecule has 1 saturated carbocycles. The lowest BCUT2D eigenvalue weighted by Crippen LogP contribution is -2.65. The zero-order chi connectivity index (χ0) is 22.3. The smallest absolute Gasteiger partial charge is 0.291 e. The second kappa shape index (κ2) is 8.08. The molecule has 0 saturated heterocycles. The second-order valence-corrected chi connectivity index (χ2v) is 9.50. The molecule has 0 spiro atoms. The third kappa shape index (κ3) is 3.48. The van der Waals surface area contributed by atoms with E-state index in [9.17, 15) is 9.59 Å². The highest BCUT2D eigenvalue weighted by molar-refractivity contribution is 6.01. The zero-order valence-electron chi connectivity index (χ0n) is 18.8. The molecule has 2 amide bonds. The fraction of sp³-hybridized carbons (Fsp3) is 0.423. The van der Waals surface area contributed by atoms with Gasteiger partial charge in [0.05, 0.1) is 17.6 Å². The fourth-order valence-corrected chi connectivity index (χ4v) is 5.20. The van der Waals surface area contributed by atoms with Crippen LogP contribution >= 0.6 is 0 Å². The Hall–Kier alpha value is -3.15. The van der Waals surface area contributed by atoms with Crippen LogP contribution in [0.25, 0.3) is 11.0 Å². The van der Waals surface area contributed by atoms with Crippen molar-refractivity contribution in [2.24, 2.45) is 5.92 Å². The number of aromatic nitrogens is 2. The van der Waals surface area contributed by atoms with E-state index in [2.05, 4.69) is 17.2 Å². The monoisotopic (exact) mass is 430 g/mol. The van der Waals surface area contributed by atoms with Crippen LogP contribution in [-0.2, 0) is 17.9 Å². The summed E-state index contributed by atoms with van der Waals surface area (Å²) in [5.74, 6) is 0.566. The normalized spacial score (nSPS) is 25.6. The molecule has 166 valence electrons. The van der Waals surface area contributed by atoms with E-state index in [1.807, 2.05) is 66.1 Å². The molecule has 6 heteroatoms. The van der Waals surface area contributed by atoms with E-state index in [1.165, 1.54) is 6.42 Å². The summed E-state index contributed by atoms with van der Waals surface area (Å²) in [6.45, 7) is 4.86. The van der Waals surface area contributed by atoms with Gasteiger partial charge in [-0.25, -0.2) is 4.98 Å². The Kier molecular flexibility index (Phi) is 5.24. The summed E-state index contributed by atoms with van der Waals surface area (Å²) in [6.07, 6.45) is 4.47. The van der Waals surface area contributed by atoms with Gasteiger partial charge in [0.15, 0.2) is 5.82 Å². The maximum absolute atomic E-state index is 13.8. The maximum atomic E-state index is 13.8. The molecule has 0 radical (unpaired) electrons. The van der Waals surface area contributed by atoms with Crippen LogP contribution in [0.1, 0.15) is 55.7 Å². The van der Waals surface area contributed by atoms with Crippen LogP contribution in [0.3, 0.4) is 0 Å². The lowest BCUT2D eigenvalue weighted by atomic mass is 9.85. The van der Waals surface area contributed by atoms with Gasteiger partial charge in [0.2, 0.25) is 5.91 Å². The highest BCUT2D eigenvalue weighted by atomic mass is 16.2. The minimum atomic E-state index is -1.01. The number of benzene rings is 2. The maximum Gasteiger partial charge on any atom is 0.291 e. The number of amides is 2. The van der Waals surface area contributed by atoms with E-state index in [-0.39, 0.29) is 17.9 Å². The van der Waals surface area contributed by atoms with Crippen molar-refractivity contribution >= 4 is 22.8 Å².